The highest BCUT2D eigenvalue weighted by Gasteiger charge is 2.15. The first-order chi connectivity index (χ1) is 8.34. The van der Waals surface area contributed by atoms with Crippen LogP contribution in [0.4, 0.5) is 5.69 Å². The molecular formula is C11H17ClN2O3S. The summed E-state index contributed by atoms with van der Waals surface area (Å²) in [6.07, 6.45) is -0.357. The molecule has 18 heavy (non-hydrogen) atoms. The van der Waals surface area contributed by atoms with Gasteiger partial charge in [-0.05, 0) is 24.6 Å². The molecule has 0 spiro atoms. The van der Waals surface area contributed by atoms with E-state index in [1.54, 1.807) is 25.1 Å². The van der Waals surface area contributed by atoms with Gasteiger partial charge in [0.15, 0.2) is 0 Å². The first-order valence-electron chi connectivity index (χ1n) is 5.38. The number of nitrogens with one attached hydrogen (secondary N) is 1. The summed E-state index contributed by atoms with van der Waals surface area (Å²) in [5.74, 6) is -0.0872. The third kappa shape index (κ3) is 4.81. The SMILES string of the molecule is COC(C)CS(=O)(=O)NCc1ccc(N)cc1Cl. The summed E-state index contributed by atoms with van der Waals surface area (Å²) in [7, 11) is -1.91. The smallest absolute Gasteiger partial charge is 0.214 e. The Labute approximate surface area is 112 Å². The van der Waals surface area contributed by atoms with Crippen LogP contribution in [0, 0.1) is 0 Å². The van der Waals surface area contributed by atoms with Crippen LogP contribution in [0.25, 0.3) is 0 Å². The van der Waals surface area contributed by atoms with Crippen LogP contribution in [0.5, 0.6) is 0 Å². The lowest BCUT2D eigenvalue weighted by atomic mass is 10.2. The molecule has 102 valence electrons. The number of halogens is 1. The van der Waals surface area contributed by atoms with Gasteiger partial charge in [-0.3, -0.25) is 0 Å². The Bertz CT molecular complexity index is 505. The first-order valence-corrected chi connectivity index (χ1v) is 7.41. The fourth-order valence-electron chi connectivity index (χ4n) is 1.33. The van der Waals surface area contributed by atoms with Gasteiger partial charge in [0.2, 0.25) is 10.0 Å². The summed E-state index contributed by atoms with van der Waals surface area (Å²) >= 11 is 5.95. The van der Waals surface area contributed by atoms with Gasteiger partial charge < -0.3 is 10.5 Å². The second-order valence-corrected chi connectivity index (χ2v) is 6.26. The van der Waals surface area contributed by atoms with Crippen LogP contribution < -0.4 is 10.5 Å². The molecule has 3 N–H and O–H groups in total. The standard InChI is InChI=1S/C11H17ClN2O3S/c1-8(17-2)7-18(15,16)14-6-9-3-4-10(13)5-11(9)12/h3-5,8,14H,6-7,13H2,1-2H3. The molecule has 5 nitrogen and oxygen atoms in total. The van der Waals surface area contributed by atoms with Gasteiger partial charge in [-0.25, -0.2) is 13.1 Å². The summed E-state index contributed by atoms with van der Waals surface area (Å²) in [5.41, 5.74) is 6.78. The van der Waals surface area contributed by atoms with Gasteiger partial charge in [0.1, 0.15) is 0 Å². The fourth-order valence-corrected chi connectivity index (χ4v) is 2.83. The van der Waals surface area contributed by atoms with E-state index in [4.69, 9.17) is 22.1 Å². The summed E-state index contributed by atoms with van der Waals surface area (Å²) in [5, 5.41) is 0.442. The van der Waals surface area contributed by atoms with E-state index in [1.165, 1.54) is 7.11 Å². The molecule has 1 aromatic rings. The number of benzene rings is 1. The summed E-state index contributed by atoms with van der Waals surface area (Å²) in [4.78, 5) is 0. The predicted octanol–water partition coefficient (Wildman–Crippen LogP) is 1.38. The van der Waals surface area contributed by atoms with E-state index in [2.05, 4.69) is 4.72 Å². The second-order valence-electron chi connectivity index (χ2n) is 4.00. The van der Waals surface area contributed by atoms with Crippen molar-refractivity contribution in [1.29, 1.82) is 0 Å². The number of nitrogen functional groups attached to an aromatic ring is 1. The molecule has 1 unspecified atom stereocenters. The van der Waals surface area contributed by atoms with Crippen LogP contribution in [0.15, 0.2) is 18.2 Å². The van der Waals surface area contributed by atoms with Gasteiger partial charge in [0, 0.05) is 24.4 Å². The molecule has 0 saturated heterocycles. The third-order valence-electron chi connectivity index (χ3n) is 2.42. The number of ether oxygens (including phenoxy) is 1. The fraction of sp³-hybridized carbons (Fsp3) is 0.455. The van der Waals surface area contributed by atoms with Crippen molar-refractivity contribution >= 4 is 27.3 Å². The highest BCUT2D eigenvalue weighted by molar-refractivity contribution is 7.89. The van der Waals surface area contributed by atoms with Gasteiger partial charge in [0.05, 0.1) is 11.9 Å². The number of anilines is 1. The van der Waals surface area contributed by atoms with E-state index in [0.29, 0.717) is 16.3 Å². The Hall–Kier alpha value is -0.820. The van der Waals surface area contributed by atoms with Crippen molar-refractivity contribution < 1.29 is 13.2 Å². The Kier molecular flexibility index (Phi) is 5.40. The molecule has 0 aliphatic carbocycles. The molecule has 0 aromatic heterocycles. The van der Waals surface area contributed by atoms with Crippen LogP contribution in [0.2, 0.25) is 5.02 Å². The summed E-state index contributed by atoms with van der Waals surface area (Å²) in [6, 6.07) is 4.95. The number of rotatable bonds is 6. The molecule has 0 aliphatic heterocycles. The van der Waals surface area contributed by atoms with Gasteiger partial charge >= 0.3 is 0 Å². The topological polar surface area (TPSA) is 81.4 Å². The zero-order valence-electron chi connectivity index (χ0n) is 10.3. The third-order valence-corrected chi connectivity index (χ3v) is 4.26. The van der Waals surface area contributed by atoms with Gasteiger partial charge in [-0.15, -0.1) is 0 Å². The van der Waals surface area contributed by atoms with E-state index in [1.807, 2.05) is 0 Å². The van der Waals surface area contributed by atoms with E-state index in [0.717, 1.165) is 0 Å². The minimum atomic E-state index is -3.38. The molecular weight excluding hydrogens is 276 g/mol. The number of sulfonamides is 1. The summed E-state index contributed by atoms with van der Waals surface area (Å²) in [6.45, 7) is 1.83. The molecule has 1 rings (SSSR count). The van der Waals surface area contributed by atoms with Gasteiger partial charge in [0.25, 0.3) is 0 Å². The van der Waals surface area contributed by atoms with Gasteiger partial charge in [-0.2, -0.15) is 0 Å². The van der Waals surface area contributed by atoms with Crippen LogP contribution >= 0.6 is 11.6 Å². The Morgan fingerprint density at radius 2 is 2.17 bits per heavy atom. The normalized spacial score (nSPS) is 13.5. The van der Waals surface area contributed by atoms with Crippen molar-refractivity contribution in [3.05, 3.63) is 28.8 Å². The molecule has 0 bridgehead atoms. The van der Waals surface area contributed by atoms with E-state index in [9.17, 15) is 8.42 Å². The monoisotopic (exact) mass is 292 g/mol. The number of methoxy groups -OCH3 is 1. The lowest BCUT2D eigenvalue weighted by Crippen LogP contribution is -2.31. The van der Waals surface area contributed by atoms with Crippen LogP contribution in [0.1, 0.15) is 12.5 Å². The maximum absolute atomic E-state index is 11.7. The number of hydrogen-bond acceptors (Lipinski definition) is 4. The van der Waals surface area contributed by atoms with Crippen molar-refractivity contribution in [3.8, 4) is 0 Å². The highest BCUT2D eigenvalue weighted by Crippen LogP contribution is 2.19. The minimum Gasteiger partial charge on any atom is -0.399 e. The largest absolute Gasteiger partial charge is 0.399 e. The van der Waals surface area contributed by atoms with E-state index in [-0.39, 0.29) is 18.4 Å². The molecule has 0 heterocycles. The van der Waals surface area contributed by atoms with Crippen LogP contribution in [-0.2, 0) is 21.3 Å². The van der Waals surface area contributed by atoms with Crippen molar-refractivity contribution in [1.82, 2.24) is 4.72 Å². The van der Waals surface area contributed by atoms with Crippen molar-refractivity contribution in [2.45, 2.75) is 19.6 Å². The maximum Gasteiger partial charge on any atom is 0.214 e. The van der Waals surface area contributed by atoms with Crippen molar-refractivity contribution in [2.75, 3.05) is 18.6 Å². The second kappa shape index (κ2) is 6.38. The average molecular weight is 293 g/mol. The van der Waals surface area contributed by atoms with Crippen molar-refractivity contribution in [3.63, 3.8) is 0 Å². The van der Waals surface area contributed by atoms with Crippen LogP contribution in [0.3, 0.4) is 0 Å². The molecule has 1 atom stereocenters. The molecule has 1 aromatic carbocycles. The zero-order valence-corrected chi connectivity index (χ0v) is 11.9. The zero-order chi connectivity index (χ0) is 13.8. The van der Waals surface area contributed by atoms with Crippen LogP contribution in [-0.4, -0.2) is 27.4 Å². The molecule has 0 fully saturated rings. The lowest BCUT2D eigenvalue weighted by molar-refractivity contribution is 0.136. The van der Waals surface area contributed by atoms with Gasteiger partial charge in [-0.1, -0.05) is 17.7 Å². The predicted molar refractivity (Wildman–Crippen MR) is 73.0 cm³/mol. The Morgan fingerprint density at radius 3 is 2.72 bits per heavy atom. The summed E-state index contributed by atoms with van der Waals surface area (Å²) < 4.78 is 30.8. The Balaban J connectivity index is 2.64. The average Bonchev–Trinajstić information content (AvgIpc) is 2.27. The molecule has 0 saturated carbocycles. The highest BCUT2D eigenvalue weighted by atomic mass is 35.5. The van der Waals surface area contributed by atoms with E-state index < -0.39 is 10.0 Å². The molecule has 0 radical (unpaired) electrons. The van der Waals surface area contributed by atoms with Crippen molar-refractivity contribution in [2.24, 2.45) is 0 Å². The first kappa shape index (κ1) is 15.2. The molecule has 7 heteroatoms. The maximum atomic E-state index is 11.7. The molecule has 0 amide bonds. The minimum absolute atomic E-state index is 0.0872. The Morgan fingerprint density at radius 1 is 1.50 bits per heavy atom. The number of nitrogens with two attached hydrogens (primary N) is 1. The molecule has 0 aliphatic rings. The van der Waals surface area contributed by atoms with E-state index >= 15 is 0 Å². The number of hydrogen-bond donors (Lipinski definition) is 2. The quantitative estimate of drug-likeness (QED) is 0.776. The lowest BCUT2D eigenvalue weighted by Gasteiger charge is -2.12.